The molecule has 3 aliphatic heterocycles. The molecule has 0 saturated carbocycles. The van der Waals surface area contributed by atoms with Crippen molar-refractivity contribution >= 4 is 40.2 Å². The van der Waals surface area contributed by atoms with Crippen LogP contribution in [0.15, 0.2) is 24.3 Å². The Balaban J connectivity index is 1.53. The van der Waals surface area contributed by atoms with Gasteiger partial charge < -0.3 is 10.2 Å². The number of piperidine rings is 1. The molecule has 6 heteroatoms. The monoisotopic (exact) mass is 409 g/mol. The Morgan fingerprint density at radius 1 is 1.14 bits per heavy atom. The van der Waals surface area contributed by atoms with E-state index in [1.165, 1.54) is 12.8 Å². The van der Waals surface area contributed by atoms with Crippen LogP contribution in [0.1, 0.15) is 52.2 Å². The van der Waals surface area contributed by atoms with Crippen LogP contribution in [0.25, 0.3) is 0 Å². The molecule has 2 bridgehead atoms. The Labute approximate surface area is 175 Å². The van der Waals surface area contributed by atoms with E-state index in [1.807, 2.05) is 43.0 Å². The van der Waals surface area contributed by atoms with Crippen LogP contribution in [0.5, 0.6) is 0 Å². The third-order valence-corrected chi connectivity index (χ3v) is 7.99. The molecule has 29 heavy (non-hydrogen) atoms. The fourth-order valence-electron chi connectivity index (χ4n) is 5.58. The molecule has 0 radical (unpaired) electrons. The predicted octanol–water partition coefficient (Wildman–Crippen LogP) is 4.86. The highest BCUT2D eigenvalue weighted by Crippen LogP contribution is 2.46. The number of fused-ring (bicyclic) bond motifs is 4. The lowest BCUT2D eigenvalue weighted by Gasteiger charge is -2.37. The number of nitrogens with one attached hydrogen (secondary N) is 1. The molecule has 1 N–H and O–H groups in total. The van der Waals surface area contributed by atoms with Gasteiger partial charge in [0.2, 0.25) is 5.91 Å². The van der Waals surface area contributed by atoms with E-state index < -0.39 is 0 Å². The average molecular weight is 410 g/mol. The number of benzene rings is 1. The van der Waals surface area contributed by atoms with Crippen LogP contribution >= 0.6 is 11.3 Å². The number of carbonyl (C=O) groups is 2. The van der Waals surface area contributed by atoms with Crippen molar-refractivity contribution in [2.45, 2.75) is 58.0 Å². The van der Waals surface area contributed by atoms with Crippen molar-refractivity contribution in [3.63, 3.8) is 0 Å². The van der Waals surface area contributed by atoms with Crippen molar-refractivity contribution in [3.05, 3.63) is 39.6 Å². The van der Waals surface area contributed by atoms with Crippen molar-refractivity contribution in [1.82, 2.24) is 4.90 Å². The first-order valence-electron chi connectivity index (χ1n) is 10.5. The van der Waals surface area contributed by atoms with Crippen LogP contribution in [0.3, 0.4) is 0 Å². The maximum Gasteiger partial charge on any atom is 0.258 e. The minimum absolute atomic E-state index is 0.102. The SMILES string of the molecule is Cc1sc(C)c2c1C(=O)Nc1ccccc1N2C(=O)CC1CC2CCC(C1)N2C. The molecule has 0 aliphatic carbocycles. The summed E-state index contributed by atoms with van der Waals surface area (Å²) in [5.41, 5.74) is 2.90. The summed E-state index contributed by atoms with van der Waals surface area (Å²) in [5, 5.41) is 3.02. The number of nitrogens with zero attached hydrogens (tertiary/aromatic N) is 2. The van der Waals surface area contributed by atoms with Gasteiger partial charge in [-0.2, -0.15) is 0 Å². The van der Waals surface area contributed by atoms with Gasteiger partial charge in [-0.1, -0.05) is 12.1 Å². The molecule has 5 nitrogen and oxygen atoms in total. The standard InChI is InChI=1S/C23H27N3O2S/c1-13-21-22(14(2)29-13)26(19-7-5-4-6-18(19)24-23(21)28)20(27)12-15-10-16-8-9-17(11-15)25(16)3/h4-7,15-17H,8-12H2,1-3H3,(H,24,28). The van der Waals surface area contributed by atoms with E-state index in [9.17, 15) is 9.59 Å². The first-order valence-corrected chi connectivity index (χ1v) is 11.3. The quantitative estimate of drug-likeness (QED) is 0.771. The number of hydrogen-bond donors (Lipinski definition) is 1. The summed E-state index contributed by atoms with van der Waals surface area (Å²) in [5.74, 6) is 0.394. The second-order valence-corrected chi connectivity index (χ2v) is 10.2. The number of aryl methyl sites for hydroxylation is 2. The number of thiophene rings is 1. The first kappa shape index (κ1) is 18.8. The van der Waals surface area contributed by atoms with E-state index in [2.05, 4.69) is 17.3 Å². The van der Waals surface area contributed by atoms with Gasteiger partial charge >= 0.3 is 0 Å². The van der Waals surface area contributed by atoms with Crippen molar-refractivity contribution in [1.29, 1.82) is 0 Å². The Hall–Kier alpha value is -2.18. The molecule has 2 saturated heterocycles. The molecule has 1 aromatic carbocycles. The average Bonchev–Trinajstić information content (AvgIpc) is 3.01. The smallest absolute Gasteiger partial charge is 0.258 e. The molecule has 2 fully saturated rings. The van der Waals surface area contributed by atoms with E-state index >= 15 is 0 Å². The summed E-state index contributed by atoms with van der Waals surface area (Å²) in [6, 6.07) is 8.88. The van der Waals surface area contributed by atoms with Crippen LogP contribution in [-0.2, 0) is 4.79 Å². The summed E-state index contributed by atoms with van der Waals surface area (Å²) in [7, 11) is 2.23. The van der Waals surface area contributed by atoms with E-state index in [0.29, 0.717) is 35.7 Å². The van der Waals surface area contributed by atoms with Crippen molar-refractivity contribution in [2.24, 2.45) is 5.92 Å². The Bertz CT molecular complexity index is 984. The molecule has 2 atom stereocenters. The zero-order valence-corrected chi connectivity index (χ0v) is 18.0. The zero-order valence-electron chi connectivity index (χ0n) is 17.2. The normalized spacial score (nSPS) is 26.0. The number of hydrogen-bond acceptors (Lipinski definition) is 4. The second kappa shape index (κ2) is 6.96. The van der Waals surface area contributed by atoms with Gasteiger partial charge in [-0.25, -0.2) is 0 Å². The van der Waals surface area contributed by atoms with Gasteiger partial charge in [-0.15, -0.1) is 11.3 Å². The molecule has 2 aromatic rings. The van der Waals surface area contributed by atoms with Gasteiger partial charge in [-0.3, -0.25) is 14.5 Å². The molecule has 4 heterocycles. The molecule has 1 aromatic heterocycles. The topological polar surface area (TPSA) is 52.7 Å². The summed E-state index contributed by atoms with van der Waals surface area (Å²) in [6.45, 7) is 3.97. The highest BCUT2D eigenvalue weighted by Gasteiger charge is 2.40. The van der Waals surface area contributed by atoms with E-state index in [4.69, 9.17) is 0 Å². The second-order valence-electron chi connectivity index (χ2n) is 8.73. The maximum absolute atomic E-state index is 13.7. The van der Waals surface area contributed by atoms with Crippen LogP contribution in [0.2, 0.25) is 0 Å². The minimum atomic E-state index is -0.123. The molecule has 0 spiro atoms. The molecular formula is C23H27N3O2S. The third kappa shape index (κ3) is 3.01. The van der Waals surface area contributed by atoms with Gasteiger partial charge in [-0.05, 0) is 64.6 Å². The van der Waals surface area contributed by atoms with E-state index in [1.54, 1.807) is 11.3 Å². The van der Waals surface area contributed by atoms with Crippen molar-refractivity contribution in [3.8, 4) is 0 Å². The van der Waals surface area contributed by atoms with Crippen LogP contribution in [0, 0.1) is 19.8 Å². The molecular weight excluding hydrogens is 382 g/mol. The Kier molecular flexibility index (Phi) is 4.51. The first-order chi connectivity index (χ1) is 13.9. The molecule has 2 unspecified atom stereocenters. The number of anilines is 3. The number of carbonyl (C=O) groups excluding carboxylic acids is 2. The lowest BCUT2D eigenvalue weighted by molar-refractivity contribution is -0.119. The van der Waals surface area contributed by atoms with Gasteiger partial charge in [0, 0.05) is 28.3 Å². The molecule has 2 amide bonds. The van der Waals surface area contributed by atoms with Crippen LogP contribution in [-0.4, -0.2) is 35.8 Å². The summed E-state index contributed by atoms with van der Waals surface area (Å²) in [6.07, 6.45) is 5.24. The number of rotatable bonds is 2. The zero-order chi connectivity index (χ0) is 20.3. The van der Waals surface area contributed by atoms with Gasteiger partial charge in [0.25, 0.3) is 5.91 Å². The van der Waals surface area contributed by atoms with E-state index in [0.717, 1.165) is 34.0 Å². The highest BCUT2D eigenvalue weighted by atomic mass is 32.1. The summed E-state index contributed by atoms with van der Waals surface area (Å²) in [4.78, 5) is 33.0. The predicted molar refractivity (Wildman–Crippen MR) is 117 cm³/mol. The van der Waals surface area contributed by atoms with Crippen LogP contribution < -0.4 is 10.2 Å². The largest absolute Gasteiger partial charge is 0.320 e. The van der Waals surface area contributed by atoms with Gasteiger partial charge in [0.1, 0.15) is 0 Å². The van der Waals surface area contributed by atoms with Gasteiger partial charge in [0.15, 0.2) is 0 Å². The fourth-order valence-corrected chi connectivity index (χ4v) is 6.62. The van der Waals surface area contributed by atoms with Crippen molar-refractivity contribution < 1.29 is 9.59 Å². The van der Waals surface area contributed by atoms with Gasteiger partial charge in [0.05, 0.1) is 22.6 Å². The summed E-state index contributed by atoms with van der Waals surface area (Å²) >= 11 is 1.59. The molecule has 152 valence electrons. The lowest BCUT2D eigenvalue weighted by Crippen LogP contribution is -2.41. The third-order valence-electron chi connectivity index (χ3n) is 6.98. The Morgan fingerprint density at radius 2 is 1.83 bits per heavy atom. The minimum Gasteiger partial charge on any atom is -0.320 e. The number of amides is 2. The maximum atomic E-state index is 13.7. The molecule has 5 rings (SSSR count). The summed E-state index contributed by atoms with van der Waals surface area (Å²) < 4.78 is 0. The lowest BCUT2D eigenvalue weighted by atomic mass is 9.88. The van der Waals surface area contributed by atoms with Crippen LogP contribution in [0.4, 0.5) is 17.1 Å². The Morgan fingerprint density at radius 3 is 2.55 bits per heavy atom. The highest BCUT2D eigenvalue weighted by molar-refractivity contribution is 7.13. The number of para-hydroxylation sites is 2. The fraction of sp³-hybridized carbons (Fsp3) is 0.478. The van der Waals surface area contributed by atoms with Crippen molar-refractivity contribution in [2.75, 3.05) is 17.3 Å². The molecule has 3 aliphatic rings. The van der Waals surface area contributed by atoms with E-state index in [-0.39, 0.29) is 11.8 Å².